The SMILES string of the molecule is CC(C)(Br)C(=O)NCC(CNC(=O)C(C)(C)Br)(CNC(=O)C(C)(C)Br)COCC(=O)NCCC(=O)NCC(CNC(=O)CCNC(=O)COCC(CNC(=O)C(C)(C)Br)(CNC(=O)C(C)(C)Br)CNC(=O)C(C)(C)Br)(CNC(=O)CCNC(=O)COCC(CNC(=O)C(C)(C)Br)(CNC(=O)C(C)(C)Br)CNC(=O)C(C)(C)Br)COCCOCCOCCOCCOCC(O)CO. The lowest BCUT2D eigenvalue weighted by Crippen LogP contribution is -2.57. The number of carbonyl (C=O) groups excluding carboxylic acids is 15. The van der Waals surface area contributed by atoms with Crippen molar-refractivity contribution in [3.05, 3.63) is 0 Å². The van der Waals surface area contributed by atoms with Gasteiger partial charge in [-0.3, -0.25) is 71.9 Å². The van der Waals surface area contributed by atoms with Gasteiger partial charge >= 0.3 is 0 Å². The molecule has 49 heteroatoms. The van der Waals surface area contributed by atoms with E-state index in [1.807, 2.05) is 0 Å². The van der Waals surface area contributed by atoms with E-state index in [9.17, 15) is 77.0 Å². The van der Waals surface area contributed by atoms with Crippen molar-refractivity contribution >= 4 is 232 Å². The molecule has 0 radical (unpaired) electrons. The molecular weight excluding hydrogens is 2310 g/mol. The number of aliphatic hydroxyl groups is 2. The lowest BCUT2D eigenvalue weighted by molar-refractivity contribution is -0.130. The van der Waals surface area contributed by atoms with Crippen molar-refractivity contribution in [2.24, 2.45) is 21.7 Å². The lowest BCUT2D eigenvalue weighted by atomic mass is 9.87. The maximum Gasteiger partial charge on any atom is 0.246 e. The number of ether oxygens (including phenoxy) is 8. The van der Waals surface area contributed by atoms with Crippen molar-refractivity contribution in [1.82, 2.24) is 79.8 Å². The maximum atomic E-state index is 14.1. The number of aliphatic hydroxyl groups excluding tert-OH is 2. The van der Waals surface area contributed by atoms with Gasteiger partial charge in [0.1, 0.15) is 25.9 Å². The fourth-order valence-corrected chi connectivity index (χ4v) is 11.6. The summed E-state index contributed by atoms with van der Waals surface area (Å²) in [7, 11) is 0. The van der Waals surface area contributed by atoms with Crippen LogP contribution in [0.5, 0.6) is 0 Å². The molecule has 1 atom stereocenters. The fraction of sp³-hybridized carbons (Fsp3) is 0.817. The number of rotatable bonds is 71. The van der Waals surface area contributed by atoms with E-state index in [0.717, 1.165) is 0 Å². The zero-order chi connectivity index (χ0) is 101. The Hall–Kier alpha value is -4.03. The van der Waals surface area contributed by atoms with Crippen LogP contribution in [0.1, 0.15) is 144 Å². The summed E-state index contributed by atoms with van der Waals surface area (Å²) in [6.45, 7) is 23.6. The van der Waals surface area contributed by atoms with E-state index >= 15 is 0 Å². The van der Waals surface area contributed by atoms with Gasteiger partial charge in [0, 0.05) is 139 Å². The van der Waals surface area contributed by atoms with Gasteiger partial charge in [0.15, 0.2) is 0 Å². The van der Waals surface area contributed by atoms with E-state index in [0.29, 0.717) is 0 Å². The molecule has 0 aliphatic heterocycles. The summed E-state index contributed by atoms with van der Waals surface area (Å²) in [5.41, 5.74) is -5.22. The molecule has 0 heterocycles. The minimum absolute atomic E-state index is 0.00427. The summed E-state index contributed by atoms with van der Waals surface area (Å²) in [5.74, 6) is -7.86. The number of hydrogen-bond donors (Lipinski definition) is 17. The van der Waals surface area contributed by atoms with Gasteiger partial charge in [-0.2, -0.15) is 0 Å². The van der Waals surface area contributed by atoms with E-state index in [2.05, 4.69) is 223 Å². The highest BCUT2D eigenvalue weighted by molar-refractivity contribution is 9.11. The standard InChI is InChI=1S/C82H142Br9N15O25/c1-70(2,83)61(115)98-41-80(42-99-62(116)71(3,4)84,43-100-63(117)72(5,6)85)51-129-35-58(112)92-22-19-55(109)95-38-79(50-128-32-30-126-28-26-124-25-27-125-29-31-127-34-54(108)33-107,39-96-56(110)20-23-93-59(113)36-130-52-81(44-101-64(118)73(7,8)86,45-102-65(119)74(9,10)87)46-103-66(120)75(11,12)88)40-97-57(111)21-24-94-60(114)37-131-53-82(47-104-67(121)76(13,14)89,48-105-68(122)77(15,16)90)49-106-69(123)78(17,18)91/h54,107-108H,19-53H2,1-18H3,(H,92,112)(H,93,113)(H,94,114)(H,95,109)(H,96,110)(H,97,111)(H,98,115)(H,99,116)(H,100,117)(H,101,118)(H,102,119)(H,103,120)(H,104,121)(H,105,122)(H,106,123). The summed E-state index contributed by atoms with van der Waals surface area (Å²) in [6, 6.07) is 0. The van der Waals surface area contributed by atoms with Gasteiger partial charge in [-0.15, -0.1) is 0 Å². The largest absolute Gasteiger partial charge is 0.394 e. The first-order valence-electron chi connectivity index (χ1n) is 42.4. The molecule has 0 aliphatic carbocycles. The van der Waals surface area contributed by atoms with Crippen LogP contribution in [0.3, 0.4) is 0 Å². The molecule has 17 N–H and O–H groups in total. The maximum absolute atomic E-state index is 14.1. The predicted molar refractivity (Wildman–Crippen MR) is 525 cm³/mol. The molecule has 0 aromatic heterocycles. The van der Waals surface area contributed by atoms with Crippen molar-refractivity contribution in [3.63, 3.8) is 0 Å². The number of carbonyl (C=O) groups is 15. The summed E-state index contributed by atoms with van der Waals surface area (Å²) in [4.78, 5) is 202. The Morgan fingerprint density at radius 3 is 0.565 bits per heavy atom. The van der Waals surface area contributed by atoms with Gasteiger partial charge in [0.05, 0.1) is 131 Å². The number of nitrogens with one attached hydrogen (secondary N) is 15. The lowest BCUT2D eigenvalue weighted by Gasteiger charge is -2.36. The van der Waals surface area contributed by atoms with Crippen molar-refractivity contribution in [1.29, 1.82) is 0 Å². The van der Waals surface area contributed by atoms with Crippen LogP contribution in [0.25, 0.3) is 0 Å². The van der Waals surface area contributed by atoms with Gasteiger partial charge in [-0.25, -0.2) is 0 Å². The molecule has 0 saturated carbocycles. The van der Waals surface area contributed by atoms with Crippen LogP contribution in [0.2, 0.25) is 0 Å². The van der Waals surface area contributed by atoms with Crippen LogP contribution in [0.15, 0.2) is 0 Å². The van der Waals surface area contributed by atoms with Gasteiger partial charge in [0.25, 0.3) is 0 Å². The van der Waals surface area contributed by atoms with E-state index in [1.54, 1.807) is 125 Å². The van der Waals surface area contributed by atoms with Gasteiger partial charge < -0.3 is 128 Å². The number of alkyl halides is 9. The highest BCUT2D eigenvalue weighted by Gasteiger charge is 2.43. The Labute approximate surface area is 845 Å². The van der Waals surface area contributed by atoms with Gasteiger partial charge in [-0.05, 0) is 125 Å². The fourth-order valence-electron chi connectivity index (χ4n) is 10.3. The Bertz CT molecular complexity index is 3080. The Morgan fingerprint density at radius 2 is 0.389 bits per heavy atom. The zero-order valence-corrected chi connectivity index (χ0v) is 92.8. The van der Waals surface area contributed by atoms with Crippen LogP contribution in [-0.2, 0) is 110 Å². The first-order chi connectivity index (χ1) is 60.1. The van der Waals surface area contributed by atoms with Gasteiger partial charge in [-0.1, -0.05) is 143 Å². The Balaban J connectivity index is 7.52. The van der Waals surface area contributed by atoms with Crippen molar-refractivity contribution < 1.29 is 120 Å². The molecule has 40 nitrogen and oxygen atoms in total. The van der Waals surface area contributed by atoms with E-state index in [-0.39, 0.29) is 203 Å². The van der Waals surface area contributed by atoms with E-state index in [4.69, 9.17) is 43.0 Å². The van der Waals surface area contributed by atoms with E-state index in [1.165, 1.54) is 0 Å². The van der Waals surface area contributed by atoms with Gasteiger partial charge in [0.2, 0.25) is 88.6 Å². The average Bonchev–Trinajstić information content (AvgIpc) is 0.836. The molecule has 0 rings (SSSR count). The molecule has 758 valence electrons. The number of amides is 15. The molecule has 0 aromatic rings. The predicted octanol–water partition coefficient (Wildman–Crippen LogP) is 1.89. The topological polar surface area (TPSA) is 551 Å². The average molecular weight is 2460 g/mol. The highest BCUT2D eigenvalue weighted by atomic mass is 79.9. The van der Waals surface area contributed by atoms with Crippen LogP contribution in [-0.4, -0.2) is 354 Å². The van der Waals surface area contributed by atoms with Crippen molar-refractivity contribution in [3.8, 4) is 0 Å². The first-order valence-corrected chi connectivity index (χ1v) is 49.5. The Morgan fingerprint density at radius 1 is 0.229 bits per heavy atom. The van der Waals surface area contributed by atoms with Crippen molar-refractivity contribution in [2.45, 2.75) is 189 Å². The van der Waals surface area contributed by atoms with Crippen LogP contribution in [0.4, 0.5) is 0 Å². The minimum atomic E-state index is -1.45. The molecule has 131 heavy (non-hydrogen) atoms. The second-order valence-corrected chi connectivity index (χ2v) is 54.1. The molecule has 15 amide bonds. The monoisotopic (exact) mass is 2450 g/mol. The van der Waals surface area contributed by atoms with Crippen LogP contribution >= 0.6 is 143 Å². The molecule has 0 saturated heterocycles. The highest BCUT2D eigenvalue weighted by Crippen LogP contribution is 2.28. The molecule has 1 unspecified atom stereocenters. The quantitative estimate of drug-likeness (QED) is 0.0305. The second-order valence-electron chi connectivity index (χ2n) is 36.3. The summed E-state index contributed by atoms with van der Waals surface area (Å²) >= 11 is 30.2. The zero-order valence-electron chi connectivity index (χ0n) is 78.5. The third kappa shape index (κ3) is 58.5. The Kier molecular flexibility index (Phi) is 58.9. The number of halogens is 9. The molecule has 0 aromatic carbocycles. The smallest absolute Gasteiger partial charge is 0.246 e. The summed E-state index contributed by atoms with van der Waals surface area (Å²) in [5, 5.41) is 60.5. The third-order valence-electron chi connectivity index (χ3n) is 18.8. The second kappa shape index (κ2) is 60.7. The summed E-state index contributed by atoms with van der Waals surface area (Å²) in [6.07, 6.45) is -2.05. The number of hydrogen-bond acceptors (Lipinski definition) is 25. The summed E-state index contributed by atoms with van der Waals surface area (Å²) < 4.78 is 36.9. The first kappa shape index (κ1) is 127. The van der Waals surface area contributed by atoms with Crippen molar-refractivity contribution in [2.75, 3.05) is 210 Å². The normalized spacial score (nSPS) is 13.0. The molecular formula is C82H142Br9N15O25. The van der Waals surface area contributed by atoms with Crippen LogP contribution < -0.4 is 79.8 Å². The molecule has 0 spiro atoms. The van der Waals surface area contributed by atoms with E-state index < -0.39 is 182 Å². The molecule has 0 aliphatic rings. The molecule has 0 bridgehead atoms. The third-order valence-corrected chi connectivity index (χ3v) is 22.1. The minimum Gasteiger partial charge on any atom is -0.394 e. The van der Waals surface area contributed by atoms with Crippen LogP contribution in [0, 0.1) is 21.7 Å². The molecule has 0 fully saturated rings.